The Hall–Kier alpha value is -2.57. The van der Waals surface area contributed by atoms with Crippen LogP contribution in [0.1, 0.15) is 28.4 Å². The average molecular weight is 341 g/mol. The summed E-state index contributed by atoms with van der Waals surface area (Å²) in [6.07, 6.45) is -4.56. The number of esters is 1. The highest BCUT2D eigenvalue weighted by molar-refractivity contribution is 5.98. The van der Waals surface area contributed by atoms with Crippen LogP contribution >= 0.6 is 0 Å². The molecule has 0 fully saturated rings. The van der Waals surface area contributed by atoms with E-state index in [-0.39, 0.29) is 34.4 Å². The standard InChI is InChI=1S/C17H15F4NO2/c1-3-11-14(9-4-6-10(18)7-5-9)13(17(19,20)21)8-12(15(11)22)16(23)24-2/h4-8H,3,22H2,1-2H3. The second kappa shape index (κ2) is 6.51. The highest BCUT2D eigenvalue weighted by Gasteiger charge is 2.37. The number of rotatable bonds is 3. The SMILES string of the molecule is CCc1c(N)c(C(=O)OC)cc(C(F)(F)F)c1-c1ccc(F)cc1. The summed E-state index contributed by atoms with van der Waals surface area (Å²) in [7, 11) is 1.06. The van der Waals surface area contributed by atoms with Gasteiger partial charge in [-0.1, -0.05) is 19.1 Å². The van der Waals surface area contributed by atoms with E-state index >= 15 is 0 Å². The van der Waals surface area contributed by atoms with Crippen molar-refractivity contribution in [3.8, 4) is 11.1 Å². The van der Waals surface area contributed by atoms with Crippen LogP contribution in [0, 0.1) is 5.82 Å². The van der Waals surface area contributed by atoms with E-state index < -0.39 is 23.5 Å². The minimum atomic E-state index is -4.72. The molecule has 0 aliphatic heterocycles. The minimum Gasteiger partial charge on any atom is -0.465 e. The molecule has 2 aromatic rings. The van der Waals surface area contributed by atoms with Crippen molar-refractivity contribution in [2.45, 2.75) is 19.5 Å². The second-order valence-corrected chi connectivity index (χ2v) is 5.09. The summed E-state index contributed by atoms with van der Waals surface area (Å²) < 4.78 is 58.2. The third-order valence-corrected chi connectivity index (χ3v) is 3.67. The van der Waals surface area contributed by atoms with Crippen LogP contribution < -0.4 is 5.73 Å². The van der Waals surface area contributed by atoms with E-state index in [1.165, 1.54) is 12.1 Å². The van der Waals surface area contributed by atoms with Crippen LogP contribution in [0.3, 0.4) is 0 Å². The Labute approximate surface area is 136 Å². The number of ether oxygens (including phenoxy) is 1. The first-order valence-electron chi connectivity index (χ1n) is 7.07. The van der Waals surface area contributed by atoms with Gasteiger partial charge in [0.2, 0.25) is 0 Å². The fraction of sp³-hybridized carbons (Fsp3) is 0.235. The van der Waals surface area contributed by atoms with Crippen molar-refractivity contribution < 1.29 is 27.1 Å². The Bertz CT molecular complexity index is 768. The Kier molecular flexibility index (Phi) is 4.82. The zero-order chi connectivity index (χ0) is 18.1. The van der Waals surface area contributed by atoms with Crippen LogP contribution in [0.2, 0.25) is 0 Å². The molecule has 0 saturated carbocycles. The van der Waals surface area contributed by atoms with Crippen molar-refractivity contribution in [1.82, 2.24) is 0 Å². The molecule has 0 saturated heterocycles. The van der Waals surface area contributed by atoms with Crippen molar-refractivity contribution in [1.29, 1.82) is 0 Å². The van der Waals surface area contributed by atoms with E-state index in [0.717, 1.165) is 19.2 Å². The number of anilines is 1. The van der Waals surface area contributed by atoms with Gasteiger partial charge in [0.05, 0.1) is 18.2 Å². The van der Waals surface area contributed by atoms with Crippen molar-refractivity contribution >= 4 is 11.7 Å². The summed E-state index contributed by atoms with van der Waals surface area (Å²) in [6, 6.07) is 5.31. The number of alkyl halides is 3. The topological polar surface area (TPSA) is 52.3 Å². The molecular formula is C17H15F4NO2. The van der Waals surface area contributed by atoms with Gasteiger partial charge in [0, 0.05) is 5.69 Å². The normalized spacial score (nSPS) is 11.4. The monoisotopic (exact) mass is 341 g/mol. The molecule has 2 aromatic carbocycles. The van der Waals surface area contributed by atoms with Gasteiger partial charge in [-0.25, -0.2) is 9.18 Å². The van der Waals surface area contributed by atoms with Crippen molar-refractivity contribution in [2.24, 2.45) is 0 Å². The molecule has 0 radical (unpaired) electrons. The quantitative estimate of drug-likeness (QED) is 0.510. The third kappa shape index (κ3) is 3.20. The van der Waals surface area contributed by atoms with Gasteiger partial charge in [-0.3, -0.25) is 0 Å². The maximum atomic E-state index is 13.5. The lowest BCUT2D eigenvalue weighted by atomic mass is 9.89. The summed E-state index contributed by atoms with van der Waals surface area (Å²) in [5.41, 5.74) is 4.66. The Morgan fingerprint density at radius 2 is 1.79 bits per heavy atom. The Morgan fingerprint density at radius 1 is 1.21 bits per heavy atom. The first kappa shape index (κ1) is 17.8. The average Bonchev–Trinajstić information content (AvgIpc) is 2.53. The molecule has 0 aromatic heterocycles. The van der Waals surface area contributed by atoms with Crippen LogP contribution in [-0.2, 0) is 17.3 Å². The molecule has 0 unspecified atom stereocenters. The van der Waals surface area contributed by atoms with Gasteiger partial charge < -0.3 is 10.5 Å². The molecule has 3 nitrogen and oxygen atoms in total. The second-order valence-electron chi connectivity index (χ2n) is 5.09. The Morgan fingerprint density at radius 3 is 2.25 bits per heavy atom. The fourth-order valence-corrected chi connectivity index (χ4v) is 2.57. The van der Waals surface area contributed by atoms with Crippen LogP contribution in [0.25, 0.3) is 11.1 Å². The summed E-state index contributed by atoms with van der Waals surface area (Å²) in [4.78, 5) is 11.8. The summed E-state index contributed by atoms with van der Waals surface area (Å²) in [5, 5.41) is 0. The third-order valence-electron chi connectivity index (χ3n) is 3.67. The van der Waals surface area contributed by atoms with Crippen molar-refractivity contribution in [3.05, 3.63) is 52.8 Å². The molecule has 0 amide bonds. The number of hydrogen-bond acceptors (Lipinski definition) is 3. The fourth-order valence-electron chi connectivity index (χ4n) is 2.57. The molecule has 0 aliphatic rings. The summed E-state index contributed by atoms with van der Waals surface area (Å²) >= 11 is 0. The largest absolute Gasteiger partial charge is 0.465 e. The van der Waals surface area contributed by atoms with Gasteiger partial charge in [-0.15, -0.1) is 0 Å². The van der Waals surface area contributed by atoms with Gasteiger partial charge in [-0.05, 0) is 41.3 Å². The predicted molar refractivity (Wildman–Crippen MR) is 82.0 cm³/mol. The molecule has 0 atom stereocenters. The van der Waals surface area contributed by atoms with Gasteiger partial charge in [0.25, 0.3) is 0 Å². The molecule has 2 rings (SSSR count). The molecule has 128 valence electrons. The molecule has 2 N–H and O–H groups in total. The van der Waals surface area contributed by atoms with Gasteiger partial charge >= 0.3 is 12.1 Å². The van der Waals surface area contributed by atoms with Crippen molar-refractivity contribution in [2.75, 3.05) is 12.8 Å². The number of nitrogens with two attached hydrogens (primary N) is 1. The number of nitrogen functional groups attached to an aromatic ring is 1. The number of benzene rings is 2. The maximum absolute atomic E-state index is 13.5. The minimum absolute atomic E-state index is 0.0725. The zero-order valence-electron chi connectivity index (χ0n) is 13.0. The maximum Gasteiger partial charge on any atom is 0.417 e. The summed E-state index contributed by atoms with van der Waals surface area (Å²) in [5.74, 6) is -1.51. The lowest BCUT2D eigenvalue weighted by molar-refractivity contribution is -0.137. The highest BCUT2D eigenvalue weighted by Crippen LogP contribution is 2.42. The highest BCUT2D eigenvalue weighted by atomic mass is 19.4. The van der Waals surface area contributed by atoms with Gasteiger partial charge in [0.15, 0.2) is 0 Å². The van der Waals surface area contributed by atoms with E-state index in [2.05, 4.69) is 4.74 Å². The first-order chi connectivity index (χ1) is 11.2. The molecule has 7 heteroatoms. The molecule has 0 spiro atoms. The number of hydrogen-bond donors (Lipinski definition) is 1. The lowest BCUT2D eigenvalue weighted by Gasteiger charge is -2.20. The number of carbonyl (C=O) groups is 1. The molecule has 0 heterocycles. The molecule has 24 heavy (non-hydrogen) atoms. The van der Waals surface area contributed by atoms with E-state index in [0.29, 0.717) is 6.07 Å². The first-order valence-corrected chi connectivity index (χ1v) is 7.07. The number of carbonyl (C=O) groups excluding carboxylic acids is 1. The zero-order valence-corrected chi connectivity index (χ0v) is 13.0. The van der Waals surface area contributed by atoms with Crippen LogP contribution in [0.15, 0.2) is 30.3 Å². The van der Waals surface area contributed by atoms with E-state index in [4.69, 9.17) is 5.73 Å². The van der Waals surface area contributed by atoms with Crippen molar-refractivity contribution in [3.63, 3.8) is 0 Å². The van der Waals surface area contributed by atoms with Gasteiger partial charge in [-0.2, -0.15) is 13.2 Å². The van der Waals surface area contributed by atoms with E-state index in [9.17, 15) is 22.4 Å². The molecular weight excluding hydrogens is 326 g/mol. The molecule has 0 bridgehead atoms. The molecule has 0 aliphatic carbocycles. The number of halogens is 4. The predicted octanol–water partition coefficient (Wildman–Crippen LogP) is 4.44. The van der Waals surface area contributed by atoms with E-state index in [1.54, 1.807) is 6.92 Å². The van der Waals surface area contributed by atoms with Crippen LogP contribution in [0.5, 0.6) is 0 Å². The smallest absolute Gasteiger partial charge is 0.417 e. The lowest BCUT2D eigenvalue weighted by Crippen LogP contribution is -2.15. The van der Waals surface area contributed by atoms with Gasteiger partial charge in [0.1, 0.15) is 5.82 Å². The van der Waals surface area contributed by atoms with E-state index in [1.807, 2.05) is 0 Å². The van der Waals surface area contributed by atoms with Crippen LogP contribution in [0.4, 0.5) is 23.2 Å². The number of methoxy groups -OCH3 is 1. The summed E-state index contributed by atoms with van der Waals surface area (Å²) in [6.45, 7) is 1.62. The van der Waals surface area contributed by atoms with Crippen LogP contribution in [-0.4, -0.2) is 13.1 Å². The Balaban J connectivity index is 2.88.